The Morgan fingerprint density at radius 2 is 2.09 bits per heavy atom. The van der Waals surface area contributed by atoms with Crippen LogP contribution in [0.25, 0.3) is 0 Å². The molecule has 2 aromatic rings. The van der Waals surface area contributed by atoms with Gasteiger partial charge in [0.2, 0.25) is 5.91 Å². The summed E-state index contributed by atoms with van der Waals surface area (Å²) >= 11 is 7.51. The lowest BCUT2D eigenvalue weighted by atomic mass is 10.2. The number of rotatable bonds is 5. The molecule has 0 spiro atoms. The number of amides is 1. The number of benzene rings is 2. The molecule has 0 aliphatic carbocycles. The maximum atomic E-state index is 12.5. The van der Waals surface area contributed by atoms with E-state index < -0.39 is 0 Å². The van der Waals surface area contributed by atoms with Crippen LogP contribution in [-0.2, 0) is 4.79 Å². The maximum absolute atomic E-state index is 12.5. The fourth-order valence-electron chi connectivity index (χ4n) is 2.02. The Morgan fingerprint density at radius 3 is 2.77 bits per heavy atom. The van der Waals surface area contributed by atoms with Crippen LogP contribution in [0.3, 0.4) is 0 Å². The summed E-state index contributed by atoms with van der Waals surface area (Å²) in [6, 6.07) is 13.0. The van der Waals surface area contributed by atoms with E-state index in [1.165, 1.54) is 11.8 Å². The Kier molecular flexibility index (Phi) is 5.75. The molecule has 1 atom stereocenters. The van der Waals surface area contributed by atoms with Crippen molar-refractivity contribution in [1.29, 1.82) is 0 Å². The van der Waals surface area contributed by atoms with Crippen molar-refractivity contribution in [2.75, 3.05) is 11.1 Å². The zero-order valence-electron chi connectivity index (χ0n) is 12.6. The number of nitrogens with one attached hydrogen (secondary N) is 1. The zero-order chi connectivity index (χ0) is 16.1. The standard InChI is InChI=1S/C17H19ClN2OS/c1-3-16(22-14-6-4-5-13(19)10-14)17(21)20-15-9-12(18)8-7-11(15)2/h4-10,16H,3,19H2,1-2H3,(H,20,21). The van der Waals surface area contributed by atoms with E-state index in [2.05, 4.69) is 5.32 Å². The van der Waals surface area contributed by atoms with Crippen molar-refractivity contribution in [3.05, 3.63) is 53.1 Å². The lowest BCUT2D eigenvalue weighted by Crippen LogP contribution is -2.24. The number of halogens is 1. The van der Waals surface area contributed by atoms with E-state index in [1.807, 2.05) is 50.2 Å². The van der Waals surface area contributed by atoms with Crippen LogP contribution in [0, 0.1) is 6.92 Å². The number of hydrogen-bond acceptors (Lipinski definition) is 3. The van der Waals surface area contributed by atoms with E-state index >= 15 is 0 Å². The van der Waals surface area contributed by atoms with Crippen molar-refractivity contribution in [2.24, 2.45) is 0 Å². The predicted molar refractivity (Wildman–Crippen MR) is 95.6 cm³/mol. The van der Waals surface area contributed by atoms with Crippen molar-refractivity contribution >= 4 is 40.6 Å². The van der Waals surface area contributed by atoms with Crippen LogP contribution in [0.2, 0.25) is 5.02 Å². The first-order chi connectivity index (χ1) is 10.5. The number of thioether (sulfide) groups is 1. The van der Waals surface area contributed by atoms with Crippen molar-refractivity contribution in [3.8, 4) is 0 Å². The minimum atomic E-state index is -0.180. The molecule has 3 N–H and O–H groups in total. The molecule has 22 heavy (non-hydrogen) atoms. The van der Waals surface area contributed by atoms with Gasteiger partial charge in [0.25, 0.3) is 0 Å². The first kappa shape index (κ1) is 16.7. The highest BCUT2D eigenvalue weighted by molar-refractivity contribution is 8.00. The molecule has 0 bridgehead atoms. The second-order valence-electron chi connectivity index (χ2n) is 5.04. The molecule has 3 nitrogen and oxygen atoms in total. The first-order valence-electron chi connectivity index (χ1n) is 7.09. The molecule has 116 valence electrons. The van der Waals surface area contributed by atoms with Gasteiger partial charge in [-0.2, -0.15) is 0 Å². The van der Waals surface area contributed by atoms with Crippen molar-refractivity contribution < 1.29 is 4.79 Å². The summed E-state index contributed by atoms with van der Waals surface area (Å²) in [7, 11) is 0. The highest BCUT2D eigenvalue weighted by atomic mass is 35.5. The largest absolute Gasteiger partial charge is 0.399 e. The van der Waals surface area contributed by atoms with Crippen LogP contribution in [0.1, 0.15) is 18.9 Å². The summed E-state index contributed by atoms with van der Waals surface area (Å²) in [5.41, 5.74) is 8.22. The third kappa shape index (κ3) is 4.42. The Labute approximate surface area is 140 Å². The van der Waals surface area contributed by atoms with Gasteiger partial charge in [-0.05, 0) is 49.2 Å². The van der Waals surface area contributed by atoms with E-state index in [0.29, 0.717) is 10.7 Å². The summed E-state index contributed by atoms with van der Waals surface area (Å²) in [4.78, 5) is 13.5. The van der Waals surface area contributed by atoms with Crippen LogP contribution in [0.15, 0.2) is 47.4 Å². The normalized spacial score (nSPS) is 12.0. The summed E-state index contributed by atoms with van der Waals surface area (Å²) in [6.45, 7) is 3.94. The number of carbonyl (C=O) groups excluding carboxylic acids is 1. The second kappa shape index (κ2) is 7.56. The Morgan fingerprint density at radius 1 is 1.32 bits per heavy atom. The number of nitrogens with two attached hydrogens (primary N) is 1. The van der Waals surface area contributed by atoms with Gasteiger partial charge in [-0.25, -0.2) is 0 Å². The average molecular weight is 335 g/mol. The van der Waals surface area contributed by atoms with E-state index in [9.17, 15) is 4.79 Å². The molecule has 5 heteroatoms. The minimum absolute atomic E-state index is 0.0275. The maximum Gasteiger partial charge on any atom is 0.237 e. The lowest BCUT2D eigenvalue weighted by Gasteiger charge is -2.16. The van der Waals surface area contributed by atoms with Gasteiger partial charge in [0.05, 0.1) is 5.25 Å². The monoisotopic (exact) mass is 334 g/mol. The molecule has 0 aliphatic rings. The van der Waals surface area contributed by atoms with Gasteiger partial charge in [-0.3, -0.25) is 4.79 Å². The van der Waals surface area contributed by atoms with Gasteiger partial charge in [-0.1, -0.05) is 30.7 Å². The second-order valence-corrected chi connectivity index (χ2v) is 6.75. The molecule has 0 fully saturated rings. The van der Waals surface area contributed by atoms with Gasteiger partial charge in [0.1, 0.15) is 0 Å². The Hall–Kier alpha value is -1.65. The summed E-state index contributed by atoms with van der Waals surface area (Å²) in [6.07, 6.45) is 0.727. The third-order valence-corrected chi connectivity index (χ3v) is 4.85. The molecule has 0 saturated carbocycles. The van der Waals surface area contributed by atoms with E-state index in [-0.39, 0.29) is 11.2 Å². The van der Waals surface area contributed by atoms with E-state index in [1.54, 1.807) is 6.07 Å². The van der Waals surface area contributed by atoms with Crippen molar-refractivity contribution in [3.63, 3.8) is 0 Å². The van der Waals surface area contributed by atoms with Crippen molar-refractivity contribution in [2.45, 2.75) is 30.4 Å². The quantitative estimate of drug-likeness (QED) is 0.613. The van der Waals surface area contributed by atoms with Crippen LogP contribution >= 0.6 is 23.4 Å². The molecule has 0 saturated heterocycles. The van der Waals surface area contributed by atoms with Crippen LogP contribution in [0.4, 0.5) is 11.4 Å². The minimum Gasteiger partial charge on any atom is -0.399 e. The Bertz CT molecular complexity index is 675. The number of aryl methyl sites for hydroxylation is 1. The van der Waals surface area contributed by atoms with Crippen molar-refractivity contribution in [1.82, 2.24) is 0 Å². The molecule has 0 heterocycles. The summed E-state index contributed by atoms with van der Waals surface area (Å²) in [5.74, 6) is -0.0275. The number of hydrogen-bond donors (Lipinski definition) is 2. The average Bonchev–Trinajstić information content (AvgIpc) is 2.48. The predicted octanol–water partition coefficient (Wildman–Crippen LogP) is 4.74. The van der Waals surface area contributed by atoms with Gasteiger partial charge in [0, 0.05) is 21.3 Å². The van der Waals surface area contributed by atoms with Crippen LogP contribution < -0.4 is 11.1 Å². The van der Waals surface area contributed by atoms with Gasteiger partial charge in [0.15, 0.2) is 0 Å². The smallest absolute Gasteiger partial charge is 0.237 e. The molecule has 0 aromatic heterocycles. The SMILES string of the molecule is CCC(Sc1cccc(N)c1)C(=O)Nc1cc(Cl)ccc1C. The molecule has 1 unspecified atom stereocenters. The zero-order valence-corrected chi connectivity index (χ0v) is 14.2. The third-order valence-electron chi connectivity index (χ3n) is 3.26. The van der Waals surface area contributed by atoms with Gasteiger partial charge < -0.3 is 11.1 Å². The molecule has 0 aliphatic heterocycles. The molecule has 1 amide bonds. The van der Waals surface area contributed by atoms with Crippen LogP contribution in [-0.4, -0.2) is 11.2 Å². The van der Waals surface area contributed by atoms with Gasteiger partial charge in [-0.15, -0.1) is 11.8 Å². The molecular formula is C17H19ClN2OS. The highest BCUT2D eigenvalue weighted by Crippen LogP contribution is 2.28. The summed E-state index contributed by atoms with van der Waals surface area (Å²) in [5, 5.41) is 3.39. The summed E-state index contributed by atoms with van der Waals surface area (Å²) < 4.78 is 0. The van der Waals surface area contributed by atoms with Crippen LogP contribution in [0.5, 0.6) is 0 Å². The fourth-order valence-corrected chi connectivity index (χ4v) is 3.21. The lowest BCUT2D eigenvalue weighted by molar-refractivity contribution is -0.115. The number of anilines is 2. The fraction of sp³-hybridized carbons (Fsp3) is 0.235. The molecule has 2 rings (SSSR count). The highest BCUT2D eigenvalue weighted by Gasteiger charge is 2.18. The molecule has 0 radical (unpaired) electrons. The van der Waals surface area contributed by atoms with E-state index in [4.69, 9.17) is 17.3 Å². The Balaban J connectivity index is 2.10. The number of nitrogen functional groups attached to an aromatic ring is 1. The van der Waals surface area contributed by atoms with Gasteiger partial charge >= 0.3 is 0 Å². The molecular weight excluding hydrogens is 316 g/mol. The number of carbonyl (C=O) groups is 1. The topological polar surface area (TPSA) is 55.1 Å². The molecule has 2 aromatic carbocycles. The first-order valence-corrected chi connectivity index (χ1v) is 8.34. The van der Waals surface area contributed by atoms with E-state index in [0.717, 1.165) is 22.6 Å².